The van der Waals surface area contributed by atoms with Gasteiger partial charge in [-0.05, 0) is 12.8 Å². The Morgan fingerprint density at radius 2 is 0.958 bits per heavy atom. The molecule has 0 fully saturated rings. The smallest absolute Gasteiger partial charge is 0.391 e. The Hall–Kier alpha value is -0.500. The number of rotatable bonds is 39. The van der Waals surface area contributed by atoms with Crippen molar-refractivity contribution in [2.45, 2.75) is 225 Å². The maximum atomic E-state index is 12.7. The van der Waals surface area contributed by atoms with E-state index in [2.05, 4.69) is 19.2 Å². The normalized spacial score (nSPS) is 14.2. The first-order valence-electron chi connectivity index (χ1n) is 20.7. The minimum atomic E-state index is -4.30. The number of phosphoric ester groups is 1. The minimum Gasteiger partial charge on any atom is -0.391 e. The molecular formula is C39H81N2O6P. The average Bonchev–Trinajstić information content (AvgIpc) is 3.07. The van der Waals surface area contributed by atoms with Gasteiger partial charge in [0.2, 0.25) is 5.91 Å². The third-order valence-corrected chi connectivity index (χ3v) is 10.4. The van der Waals surface area contributed by atoms with Gasteiger partial charge in [0.1, 0.15) is 0 Å². The molecule has 288 valence electrons. The zero-order valence-electron chi connectivity index (χ0n) is 31.7. The lowest BCUT2D eigenvalue weighted by atomic mass is 10.0. The molecule has 0 radical (unpaired) electrons. The van der Waals surface area contributed by atoms with E-state index >= 15 is 0 Å². The largest absolute Gasteiger partial charge is 0.472 e. The third kappa shape index (κ3) is 34.0. The van der Waals surface area contributed by atoms with Crippen LogP contribution in [0.25, 0.3) is 0 Å². The fourth-order valence-corrected chi connectivity index (χ4v) is 7.07. The number of hydrogen-bond donors (Lipinski definition) is 4. The van der Waals surface area contributed by atoms with E-state index in [1.165, 1.54) is 148 Å². The van der Waals surface area contributed by atoms with Crippen molar-refractivity contribution in [3.63, 3.8) is 0 Å². The molecule has 1 amide bonds. The second-order valence-corrected chi connectivity index (χ2v) is 15.7. The molecule has 0 aromatic carbocycles. The Kier molecular flexibility index (Phi) is 35.9. The molecule has 3 atom stereocenters. The minimum absolute atomic E-state index is 0.0923. The van der Waals surface area contributed by atoms with Gasteiger partial charge in [0.15, 0.2) is 0 Å². The molecule has 0 aliphatic rings. The molecule has 0 bridgehead atoms. The summed E-state index contributed by atoms with van der Waals surface area (Å²) >= 11 is 0. The summed E-state index contributed by atoms with van der Waals surface area (Å²) in [6.45, 7) is 4.21. The van der Waals surface area contributed by atoms with Crippen molar-refractivity contribution in [1.82, 2.24) is 5.32 Å². The molecular weight excluding hydrogens is 623 g/mol. The molecule has 0 saturated heterocycles. The summed E-state index contributed by atoms with van der Waals surface area (Å²) in [5.41, 5.74) is 5.37. The van der Waals surface area contributed by atoms with Gasteiger partial charge in [-0.15, -0.1) is 0 Å². The van der Waals surface area contributed by atoms with Crippen LogP contribution in [-0.4, -0.2) is 47.8 Å². The number of aliphatic hydroxyl groups is 1. The summed E-state index contributed by atoms with van der Waals surface area (Å²) in [5.74, 6) is -0.160. The topological polar surface area (TPSA) is 131 Å². The van der Waals surface area contributed by atoms with E-state index in [0.717, 1.165) is 38.5 Å². The second-order valence-electron chi connectivity index (χ2n) is 14.2. The van der Waals surface area contributed by atoms with Crippen LogP contribution in [0.5, 0.6) is 0 Å². The molecule has 0 aliphatic carbocycles. The van der Waals surface area contributed by atoms with Crippen molar-refractivity contribution >= 4 is 13.7 Å². The van der Waals surface area contributed by atoms with Crippen molar-refractivity contribution in [3.8, 4) is 0 Å². The molecule has 0 aromatic heterocycles. The molecule has 0 aromatic rings. The highest BCUT2D eigenvalue weighted by molar-refractivity contribution is 7.47. The lowest BCUT2D eigenvalue weighted by molar-refractivity contribution is -0.123. The maximum Gasteiger partial charge on any atom is 0.472 e. The Balaban J connectivity index is 4.13. The molecule has 5 N–H and O–H groups in total. The number of aliphatic hydroxyl groups excluding tert-OH is 1. The van der Waals surface area contributed by atoms with Crippen molar-refractivity contribution in [2.75, 3.05) is 19.8 Å². The van der Waals surface area contributed by atoms with Crippen LogP contribution in [0.2, 0.25) is 0 Å². The average molecular weight is 705 g/mol. The van der Waals surface area contributed by atoms with Crippen LogP contribution in [0.15, 0.2) is 0 Å². The number of carbonyl (C=O) groups excluding carboxylic acids is 1. The van der Waals surface area contributed by atoms with Gasteiger partial charge < -0.3 is 21.1 Å². The number of unbranched alkanes of at least 4 members (excludes halogenated alkanes) is 27. The lowest BCUT2D eigenvalue weighted by Crippen LogP contribution is -2.46. The predicted octanol–water partition coefficient (Wildman–Crippen LogP) is 11.1. The molecule has 0 aliphatic heterocycles. The molecule has 0 spiro atoms. The van der Waals surface area contributed by atoms with E-state index in [1.807, 2.05) is 0 Å². The monoisotopic (exact) mass is 705 g/mol. The standard InChI is InChI=1S/C39H81N2O6P/c1-3-5-7-9-11-13-15-16-17-18-19-20-21-23-24-26-28-30-32-38(42)37(36-47-48(44,45)46-35-34-40)41-39(43)33-31-29-27-25-22-14-12-10-8-6-4-2/h37-38,42H,3-36,40H2,1-2H3,(H,41,43)(H,44,45). The van der Waals surface area contributed by atoms with E-state index < -0.39 is 20.0 Å². The summed E-state index contributed by atoms with van der Waals surface area (Å²) < 4.78 is 22.1. The number of hydrogen-bond acceptors (Lipinski definition) is 6. The predicted molar refractivity (Wildman–Crippen MR) is 203 cm³/mol. The molecule has 0 rings (SSSR count). The first-order valence-corrected chi connectivity index (χ1v) is 22.1. The van der Waals surface area contributed by atoms with Gasteiger partial charge >= 0.3 is 7.82 Å². The highest BCUT2D eigenvalue weighted by Gasteiger charge is 2.27. The Morgan fingerprint density at radius 3 is 1.33 bits per heavy atom. The van der Waals surface area contributed by atoms with Gasteiger partial charge in [0.25, 0.3) is 0 Å². The van der Waals surface area contributed by atoms with Crippen LogP contribution in [-0.2, 0) is 18.4 Å². The van der Waals surface area contributed by atoms with Gasteiger partial charge in [-0.1, -0.05) is 194 Å². The van der Waals surface area contributed by atoms with Crippen molar-refractivity contribution < 1.29 is 28.4 Å². The maximum absolute atomic E-state index is 12.7. The van der Waals surface area contributed by atoms with Crippen molar-refractivity contribution in [3.05, 3.63) is 0 Å². The van der Waals surface area contributed by atoms with Gasteiger partial charge in [-0.2, -0.15) is 0 Å². The van der Waals surface area contributed by atoms with Crippen molar-refractivity contribution in [1.29, 1.82) is 0 Å². The number of nitrogens with two attached hydrogens (primary N) is 1. The van der Waals surface area contributed by atoms with E-state index in [1.54, 1.807) is 0 Å². The van der Waals surface area contributed by atoms with Gasteiger partial charge in [0, 0.05) is 13.0 Å². The SMILES string of the molecule is CCCCCCCCCCCCCCCCCCCCC(O)C(COP(=O)(O)OCCN)NC(=O)CCCCCCCCCCCCC. The molecule has 9 heteroatoms. The summed E-state index contributed by atoms with van der Waals surface area (Å²) in [6.07, 6.45) is 36.8. The molecule has 0 saturated carbocycles. The molecule has 48 heavy (non-hydrogen) atoms. The first kappa shape index (κ1) is 47.5. The summed E-state index contributed by atoms with van der Waals surface area (Å²) in [5, 5.41) is 13.8. The highest BCUT2D eigenvalue weighted by Crippen LogP contribution is 2.43. The molecule has 0 heterocycles. The van der Waals surface area contributed by atoms with Crippen molar-refractivity contribution in [2.24, 2.45) is 5.73 Å². The fourth-order valence-electron chi connectivity index (χ4n) is 6.31. The third-order valence-electron chi connectivity index (χ3n) is 9.46. The van der Waals surface area contributed by atoms with Crippen LogP contribution in [0.4, 0.5) is 0 Å². The number of phosphoric acid groups is 1. The van der Waals surface area contributed by atoms with Crippen LogP contribution < -0.4 is 11.1 Å². The van der Waals surface area contributed by atoms with Gasteiger partial charge in [-0.25, -0.2) is 4.57 Å². The second kappa shape index (κ2) is 36.3. The van der Waals surface area contributed by atoms with E-state index in [9.17, 15) is 19.4 Å². The Morgan fingerprint density at radius 1 is 0.604 bits per heavy atom. The lowest BCUT2D eigenvalue weighted by Gasteiger charge is -2.25. The van der Waals surface area contributed by atoms with Crippen LogP contribution >= 0.6 is 7.82 Å². The van der Waals surface area contributed by atoms with Crippen LogP contribution in [0, 0.1) is 0 Å². The van der Waals surface area contributed by atoms with E-state index in [-0.39, 0.29) is 25.7 Å². The highest BCUT2D eigenvalue weighted by atomic mass is 31.2. The van der Waals surface area contributed by atoms with Crippen LogP contribution in [0.3, 0.4) is 0 Å². The summed E-state index contributed by atoms with van der Waals surface area (Å²) in [4.78, 5) is 22.6. The fraction of sp³-hybridized carbons (Fsp3) is 0.974. The van der Waals surface area contributed by atoms with E-state index in [0.29, 0.717) is 12.8 Å². The van der Waals surface area contributed by atoms with E-state index in [4.69, 9.17) is 14.8 Å². The van der Waals surface area contributed by atoms with Gasteiger partial charge in [-0.3, -0.25) is 13.8 Å². The molecule has 8 nitrogen and oxygen atoms in total. The Bertz CT molecular complexity index is 729. The quantitative estimate of drug-likeness (QED) is 0.0370. The Labute approximate surface area is 297 Å². The summed E-state index contributed by atoms with van der Waals surface area (Å²) in [6, 6.07) is -0.766. The zero-order valence-corrected chi connectivity index (χ0v) is 32.6. The zero-order chi connectivity index (χ0) is 35.4. The number of amides is 1. The first-order chi connectivity index (χ1) is 23.4. The van der Waals surface area contributed by atoms with Crippen LogP contribution in [0.1, 0.15) is 213 Å². The number of carbonyl (C=O) groups is 1. The molecule has 3 unspecified atom stereocenters. The van der Waals surface area contributed by atoms with Gasteiger partial charge in [0.05, 0.1) is 25.4 Å². The number of nitrogens with one attached hydrogen (secondary N) is 1. The summed E-state index contributed by atoms with van der Waals surface area (Å²) in [7, 11) is -4.30.